The van der Waals surface area contributed by atoms with Gasteiger partial charge in [-0.3, -0.25) is 14.6 Å². The van der Waals surface area contributed by atoms with E-state index in [9.17, 15) is 19.5 Å². The highest BCUT2D eigenvalue weighted by Crippen LogP contribution is 2.37. The van der Waals surface area contributed by atoms with E-state index in [0.29, 0.717) is 23.7 Å². The Hall–Kier alpha value is -3.29. The van der Waals surface area contributed by atoms with Crippen LogP contribution in [-0.4, -0.2) is 38.4 Å². The van der Waals surface area contributed by atoms with E-state index in [1.165, 1.54) is 19.4 Å². The van der Waals surface area contributed by atoms with E-state index in [1.807, 2.05) is 19.1 Å². The molecule has 0 spiro atoms. The number of nitrogens with zero attached hydrogens (tertiary/aromatic N) is 2. The number of rotatable bonds is 7. The van der Waals surface area contributed by atoms with E-state index in [2.05, 4.69) is 27.4 Å². The third-order valence-corrected chi connectivity index (χ3v) is 6.44. The summed E-state index contributed by atoms with van der Waals surface area (Å²) in [5, 5.41) is 11.8. The molecule has 8 heteroatoms. The highest BCUT2D eigenvalue weighted by Gasteiger charge is 2.31. The van der Waals surface area contributed by atoms with Crippen LogP contribution in [0.15, 0.2) is 24.3 Å². The molecular formula is C25H32N4O4. The number of aliphatic carboxylic acids is 1. The molecule has 2 amide bonds. The molecule has 0 atom stereocenters. The van der Waals surface area contributed by atoms with Gasteiger partial charge in [0.1, 0.15) is 11.2 Å². The number of aryl methyl sites for hydroxylation is 2. The van der Waals surface area contributed by atoms with E-state index in [4.69, 9.17) is 5.73 Å². The molecule has 4 N–H and O–H groups in total. The van der Waals surface area contributed by atoms with Gasteiger partial charge in [-0.1, -0.05) is 24.3 Å². The predicted molar refractivity (Wildman–Crippen MR) is 125 cm³/mol. The van der Waals surface area contributed by atoms with Gasteiger partial charge < -0.3 is 16.2 Å². The number of nitrogens with two attached hydrogens (primary N) is 1. The topological polar surface area (TPSA) is 135 Å². The van der Waals surface area contributed by atoms with Gasteiger partial charge in [0.2, 0.25) is 5.91 Å². The van der Waals surface area contributed by atoms with Crippen LogP contribution in [0.25, 0.3) is 11.3 Å². The zero-order chi connectivity index (χ0) is 24.3. The number of hydrogen-bond acceptors (Lipinski definition) is 5. The molecule has 0 radical (unpaired) electrons. The van der Waals surface area contributed by atoms with Crippen LogP contribution in [0, 0.1) is 19.8 Å². The Morgan fingerprint density at radius 2 is 1.64 bits per heavy atom. The van der Waals surface area contributed by atoms with Crippen LogP contribution in [0.3, 0.4) is 0 Å². The van der Waals surface area contributed by atoms with Crippen LogP contribution < -0.4 is 11.1 Å². The monoisotopic (exact) mass is 452 g/mol. The Kier molecular flexibility index (Phi) is 7.15. The maximum absolute atomic E-state index is 12.3. The standard InChI is InChI=1S/C25H32N4O4/c1-14-21(28-22(23(26)31)15(2)27-14)19-11-9-18(10-12-19)17-7-5-16(6-8-17)13-20(30)29-25(3,4)24(32)33/h9-12,16-17H,5-8,13H2,1-4H3,(H2,26,31)(H,29,30)(H,32,33)/t16-,17+. The van der Waals surface area contributed by atoms with Crippen molar-refractivity contribution in [1.29, 1.82) is 0 Å². The summed E-state index contributed by atoms with van der Waals surface area (Å²) in [7, 11) is 0. The first-order chi connectivity index (χ1) is 15.5. The van der Waals surface area contributed by atoms with Crippen molar-refractivity contribution in [3.8, 4) is 11.3 Å². The number of primary amides is 1. The molecule has 2 aromatic rings. The van der Waals surface area contributed by atoms with Crippen LogP contribution in [0.4, 0.5) is 0 Å². The maximum Gasteiger partial charge on any atom is 0.328 e. The van der Waals surface area contributed by atoms with Gasteiger partial charge in [-0.25, -0.2) is 9.78 Å². The minimum absolute atomic E-state index is 0.189. The second-order valence-electron chi connectivity index (χ2n) is 9.48. The first kappa shape index (κ1) is 24.4. The summed E-state index contributed by atoms with van der Waals surface area (Å²) < 4.78 is 0. The van der Waals surface area contributed by atoms with Crippen LogP contribution >= 0.6 is 0 Å². The van der Waals surface area contributed by atoms with E-state index in [-0.39, 0.29) is 17.5 Å². The van der Waals surface area contributed by atoms with Crippen molar-refractivity contribution in [2.75, 3.05) is 0 Å². The van der Waals surface area contributed by atoms with E-state index >= 15 is 0 Å². The summed E-state index contributed by atoms with van der Waals surface area (Å²) in [5.74, 6) is -1.15. The van der Waals surface area contributed by atoms with Crippen molar-refractivity contribution in [3.63, 3.8) is 0 Å². The lowest BCUT2D eigenvalue weighted by atomic mass is 9.77. The van der Waals surface area contributed by atoms with E-state index in [1.54, 1.807) is 6.92 Å². The molecule has 8 nitrogen and oxygen atoms in total. The van der Waals surface area contributed by atoms with Gasteiger partial charge in [-0.15, -0.1) is 0 Å². The molecular weight excluding hydrogens is 420 g/mol. The molecule has 0 bridgehead atoms. The summed E-state index contributed by atoms with van der Waals surface area (Å²) in [6, 6.07) is 8.18. The van der Waals surface area contributed by atoms with Crippen molar-refractivity contribution in [1.82, 2.24) is 15.3 Å². The fourth-order valence-electron chi connectivity index (χ4n) is 4.47. The second-order valence-corrected chi connectivity index (χ2v) is 9.48. The van der Waals surface area contributed by atoms with Crippen molar-refractivity contribution in [3.05, 3.63) is 46.9 Å². The quantitative estimate of drug-likeness (QED) is 0.588. The van der Waals surface area contributed by atoms with Gasteiger partial charge >= 0.3 is 5.97 Å². The second kappa shape index (κ2) is 9.68. The summed E-state index contributed by atoms with van der Waals surface area (Å²) >= 11 is 0. The maximum atomic E-state index is 12.3. The zero-order valence-electron chi connectivity index (χ0n) is 19.6. The molecule has 0 unspecified atom stereocenters. The Balaban J connectivity index is 1.61. The molecule has 3 rings (SSSR count). The number of carboxylic acid groups (broad SMARTS) is 1. The minimum atomic E-state index is -1.26. The van der Waals surface area contributed by atoms with Gasteiger partial charge in [0.25, 0.3) is 5.91 Å². The third kappa shape index (κ3) is 5.74. The first-order valence-electron chi connectivity index (χ1n) is 11.3. The number of nitrogens with one attached hydrogen (secondary N) is 1. The van der Waals surface area contributed by atoms with Crippen LogP contribution in [0.2, 0.25) is 0 Å². The zero-order valence-corrected chi connectivity index (χ0v) is 19.6. The Bertz CT molecular complexity index is 1050. The molecule has 1 saturated carbocycles. The Morgan fingerprint density at radius 1 is 1.03 bits per heavy atom. The lowest BCUT2D eigenvalue weighted by Gasteiger charge is -2.29. The molecule has 1 aliphatic carbocycles. The highest BCUT2D eigenvalue weighted by molar-refractivity contribution is 5.92. The minimum Gasteiger partial charge on any atom is -0.480 e. The predicted octanol–water partition coefficient (Wildman–Crippen LogP) is 3.50. The molecule has 1 aromatic carbocycles. The summed E-state index contributed by atoms with van der Waals surface area (Å²) in [6.07, 6.45) is 4.18. The average Bonchev–Trinajstić information content (AvgIpc) is 2.74. The third-order valence-electron chi connectivity index (χ3n) is 6.44. The number of carbonyl (C=O) groups excluding carboxylic acids is 2. The first-order valence-corrected chi connectivity index (χ1v) is 11.3. The fraction of sp³-hybridized carbons (Fsp3) is 0.480. The van der Waals surface area contributed by atoms with Gasteiger partial charge in [-0.2, -0.15) is 0 Å². The largest absolute Gasteiger partial charge is 0.480 e. The van der Waals surface area contributed by atoms with E-state index < -0.39 is 17.4 Å². The smallest absolute Gasteiger partial charge is 0.328 e. The molecule has 1 heterocycles. The lowest BCUT2D eigenvalue weighted by Crippen LogP contribution is -2.50. The number of amides is 2. The Morgan fingerprint density at radius 3 is 2.18 bits per heavy atom. The average molecular weight is 453 g/mol. The highest BCUT2D eigenvalue weighted by atomic mass is 16.4. The summed E-state index contributed by atoms with van der Waals surface area (Å²) in [6.45, 7) is 6.57. The molecule has 0 saturated heterocycles. The van der Waals surface area contributed by atoms with Crippen molar-refractivity contribution < 1.29 is 19.5 Å². The fourth-order valence-corrected chi connectivity index (χ4v) is 4.47. The van der Waals surface area contributed by atoms with Gasteiger partial charge in [0.15, 0.2) is 0 Å². The van der Waals surface area contributed by atoms with Gasteiger partial charge in [-0.05, 0) is 70.8 Å². The number of carboxylic acids is 1. The van der Waals surface area contributed by atoms with Crippen molar-refractivity contribution in [2.24, 2.45) is 11.7 Å². The molecule has 1 aromatic heterocycles. The number of hydrogen-bond donors (Lipinski definition) is 3. The number of carbonyl (C=O) groups is 3. The van der Waals surface area contributed by atoms with Crippen molar-refractivity contribution in [2.45, 2.75) is 71.3 Å². The van der Waals surface area contributed by atoms with Crippen LogP contribution in [0.1, 0.15) is 79.3 Å². The summed E-state index contributed by atoms with van der Waals surface area (Å²) in [5.41, 5.74) is 8.41. The SMILES string of the molecule is Cc1nc(C)c(-c2ccc([C@H]3CC[C@@H](CC(=O)NC(C)(C)C(=O)O)CC3)cc2)nc1C(N)=O. The normalized spacial score (nSPS) is 18.5. The molecule has 1 fully saturated rings. The Labute approximate surface area is 194 Å². The number of aromatic nitrogens is 2. The number of benzene rings is 1. The summed E-state index contributed by atoms with van der Waals surface area (Å²) in [4.78, 5) is 44.0. The molecule has 33 heavy (non-hydrogen) atoms. The van der Waals surface area contributed by atoms with Crippen LogP contribution in [-0.2, 0) is 9.59 Å². The van der Waals surface area contributed by atoms with E-state index in [0.717, 1.165) is 36.9 Å². The lowest BCUT2D eigenvalue weighted by molar-refractivity contribution is -0.146. The van der Waals surface area contributed by atoms with Gasteiger partial charge in [0.05, 0.1) is 17.1 Å². The van der Waals surface area contributed by atoms with Crippen LogP contribution in [0.5, 0.6) is 0 Å². The van der Waals surface area contributed by atoms with Gasteiger partial charge in [0, 0.05) is 12.0 Å². The molecule has 1 aliphatic rings. The van der Waals surface area contributed by atoms with Crippen molar-refractivity contribution >= 4 is 17.8 Å². The molecule has 176 valence electrons. The molecule has 0 aliphatic heterocycles.